The molecule has 2 aromatic rings. The van der Waals surface area contributed by atoms with Crippen molar-refractivity contribution in [1.29, 1.82) is 0 Å². The van der Waals surface area contributed by atoms with Crippen molar-refractivity contribution in [3.05, 3.63) is 47.0 Å². The average Bonchev–Trinajstić information content (AvgIpc) is 3.26. The first-order valence-electron chi connectivity index (χ1n) is 10.9. The summed E-state index contributed by atoms with van der Waals surface area (Å²) in [5, 5.41) is 2.61. The first kappa shape index (κ1) is 25.2. The lowest BCUT2D eigenvalue weighted by Gasteiger charge is -2.34. The smallest absolute Gasteiger partial charge is 0.338 e. The summed E-state index contributed by atoms with van der Waals surface area (Å²) in [5.74, 6) is -0.381. The number of nitrogens with one attached hydrogen (secondary N) is 1. The lowest BCUT2D eigenvalue weighted by Crippen LogP contribution is -2.48. The van der Waals surface area contributed by atoms with Crippen LogP contribution in [0.25, 0.3) is 0 Å². The third-order valence-electron chi connectivity index (χ3n) is 5.46. The Labute approximate surface area is 208 Å². The van der Waals surface area contributed by atoms with Gasteiger partial charge in [-0.2, -0.15) is 4.31 Å². The van der Waals surface area contributed by atoms with Crippen LogP contribution in [0.2, 0.25) is 5.02 Å². The van der Waals surface area contributed by atoms with E-state index in [0.717, 1.165) is 6.07 Å². The maximum Gasteiger partial charge on any atom is 0.338 e. The van der Waals surface area contributed by atoms with Crippen molar-refractivity contribution in [2.75, 3.05) is 25.2 Å². The predicted octanol–water partition coefficient (Wildman–Crippen LogP) is 3.05. The van der Waals surface area contributed by atoms with Gasteiger partial charge in [-0.1, -0.05) is 11.6 Å². The van der Waals surface area contributed by atoms with Gasteiger partial charge in [-0.25, -0.2) is 13.2 Å². The third-order valence-corrected chi connectivity index (χ3v) is 7.78. The lowest BCUT2D eigenvalue weighted by molar-refractivity contribution is -0.123. The fraction of sp³-hybridized carbons (Fsp3) is 0.391. The summed E-state index contributed by atoms with van der Waals surface area (Å²) in [6.45, 7) is 5.39. The first-order chi connectivity index (χ1) is 16.5. The molecule has 4 rings (SSSR count). The third kappa shape index (κ3) is 5.53. The molecular formula is C23H25ClN2O8S. The van der Waals surface area contributed by atoms with E-state index in [-0.39, 0.29) is 47.6 Å². The van der Waals surface area contributed by atoms with E-state index in [1.54, 1.807) is 32.0 Å². The highest BCUT2D eigenvalue weighted by atomic mass is 35.5. The number of fused-ring (bicyclic) bond motifs is 1. The summed E-state index contributed by atoms with van der Waals surface area (Å²) in [7, 11) is -3.99. The Bertz CT molecular complexity index is 1240. The second-order valence-electron chi connectivity index (χ2n) is 8.33. The zero-order valence-electron chi connectivity index (χ0n) is 19.3. The summed E-state index contributed by atoms with van der Waals surface area (Å²) in [6, 6.07) is 8.70. The summed E-state index contributed by atoms with van der Waals surface area (Å²) >= 11 is 6.19. The van der Waals surface area contributed by atoms with Crippen LogP contribution in [0, 0.1) is 0 Å². The van der Waals surface area contributed by atoms with Crippen molar-refractivity contribution in [3.8, 4) is 11.5 Å². The molecule has 2 heterocycles. The van der Waals surface area contributed by atoms with Crippen LogP contribution in [-0.2, 0) is 24.3 Å². The molecule has 1 saturated heterocycles. The van der Waals surface area contributed by atoms with E-state index in [4.69, 9.17) is 30.5 Å². The van der Waals surface area contributed by atoms with Crippen LogP contribution in [0.15, 0.2) is 41.3 Å². The van der Waals surface area contributed by atoms with Crippen LogP contribution in [-0.4, -0.2) is 62.8 Å². The molecule has 12 heteroatoms. The van der Waals surface area contributed by atoms with Crippen LogP contribution in [0.5, 0.6) is 11.5 Å². The number of nitrogens with zero attached hydrogens (tertiary/aromatic N) is 1. The van der Waals surface area contributed by atoms with Gasteiger partial charge in [0.25, 0.3) is 5.91 Å². The number of benzene rings is 2. The topological polar surface area (TPSA) is 120 Å². The maximum absolute atomic E-state index is 13.2. The van der Waals surface area contributed by atoms with Crippen LogP contribution in [0.1, 0.15) is 31.1 Å². The minimum absolute atomic E-state index is 0.0260. The Morgan fingerprint density at radius 2 is 1.77 bits per heavy atom. The fourth-order valence-corrected chi connectivity index (χ4v) is 5.89. The van der Waals surface area contributed by atoms with Gasteiger partial charge in [0.15, 0.2) is 17.6 Å². The van der Waals surface area contributed by atoms with Gasteiger partial charge in [-0.3, -0.25) is 4.79 Å². The number of carbonyl (C=O) groups is 2. The lowest BCUT2D eigenvalue weighted by atomic mass is 10.2. The zero-order chi connectivity index (χ0) is 25.3. The molecule has 1 N–H and O–H groups in total. The maximum atomic E-state index is 13.2. The van der Waals surface area contributed by atoms with Crippen molar-refractivity contribution in [2.45, 2.75) is 44.0 Å². The molecule has 2 aliphatic rings. The predicted molar refractivity (Wildman–Crippen MR) is 126 cm³/mol. The second-order valence-corrected chi connectivity index (χ2v) is 10.6. The van der Waals surface area contributed by atoms with Gasteiger partial charge < -0.3 is 24.3 Å². The van der Waals surface area contributed by atoms with E-state index in [1.807, 2.05) is 0 Å². The first-order valence-corrected chi connectivity index (χ1v) is 12.7. The minimum atomic E-state index is -3.99. The number of rotatable bonds is 6. The molecule has 0 aromatic heterocycles. The Kier molecular flexibility index (Phi) is 7.22. The minimum Gasteiger partial charge on any atom is -0.454 e. The van der Waals surface area contributed by atoms with Gasteiger partial charge in [0, 0.05) is 24.8 Å². The number of amides is 1. The SMILES string of the molecule is CC1CN(S(=O)(=O)c2cc(C(=O)OC(C)C(=O)Nc3ccc4c(c3)OCO4)ccc2Cl)CC(C)O1. The molecule has 2 aliphatic heterocycles. The molecular weight excluding hydrogens is 500 g/mol. The van der Waals surface area contributed by atoms with Gasteiger partial charge in [0.2, 0.25) is 16.8 Å². The molecule has 0 spiro atoms. The monoisotopic (exact) mass is 524 g/mol. The number of carbonyl (C=O) groups excluding carboxylic acids is 2. The van der Waals surface area contributed by atoms with Gasteiger partial charge in [-0.15, -0.1) is 0 Å². The van der Waals surface area contributed by atoms with E-state index in [2.05, 4.69) is 5.32 Å². The van der Waals surface area contributed by atoms with Crippen LogP contribution >= 0.6 is 11.6 Å². The van der Waals surface area contributed by atoms with Crippen molar-refractivity contribution in [1.82, 2.24) is 4.31 Å². The highest BCUT2D eigenvalue weighted by Crippen LogP contribution is 2.34. The Morgan fingerprint density at radius 3 is 2.49 bits per heavy atom. The Morgan fingerprint density at radius 1 is 1.09 bits per heavy atom. The average molecular weight is 525 g/mol. The number of ether oxygens (including phenoxy) is 4. The fourth-order valence-electron chi connectivity index (χ4n) is 3.79. The molecule has 188 valence electrons. The van der Waals surface area contributed by atoms with Gasteiger partial charge in [0.1, 0.15) is 4.90 Å². The van der Waals surface area contributed by atoms with E-state index >= 15 is 0 Å². The Hall–Kier alpha value is -2.86. The molecule has 3 unspecified atom stereocenters. The van der Waals surface area contributed by atoms with Gasteiger partial charge >= 0.3 is 5.97 Å². The molecule has 1 amide bonds. The quantitative estimate of drug-likeness (QED) is 0.572. The molecule has 0 bridgehead atoms. The standard InChI is InChI=1S/C23H25ClN2O8S/c1-13-10-26(11-14(2)33-13)35(29,30)21-8-16(4-6-18(21)24)23(28)34-15(3)22(27)25-17-5-7-19-20(9-17)32-12-31-19/h4-9,13-15H,10-12H2,1-3H3,(H,25,27). The highest BCUT2D eigenvalue weighted by Gasteiger charge is 2.34. The molecule has 1 fully saturated rings. The highest BCUT2D eigenvalue weighted by molar-refractivity contribution is 7.89. The summed E-state index contributed by atoms with van der Waals surface area (Å²) in [5.41, 5.74) is 0.390. The number of hydrogen-bond donors (Lipinski definition) is 1. The molecule has 10 nitrogen and oxygen atoms in total. The van der Waals surface area contributed by atoms with E-state index < -0.39 is 28.0 Å². The number of sulfonamides is 1. The number of hydrogen-bond acceptors (Lipinski definition) is 8. The molecule has 2 aromatic carbocycles. The number of esters is 1. The van der Waals surface area contributed by atoms with E-state index in [9.17, 15) is 18.0 Å². The molecule has 0 radical (unpaired) electrons. The summed E-state index contributed by atoms with van der Waals surface area (Å²) in [6.07, 6.45) is -1.74. The van der Waals surface area contributed by atoms with Crippen LogP contribution in [0.4, 0.5) is 5.69 Å². The van der Waals surface area contributed by atoms with Crippen molar-refractivity contribution >= 4 is 39.2 Å². The largest absolute Gasteiger partial charge is 0.454 e. The normalized spacial score (nSPS) is 20.8. The Balaban J connectivity index is 1.46. The molecule has 0 saturated carbocycles. The number of anilines is 1. The number of halogens is 1. The molecule has 3 atom stereocenters. The van der Waals surface area contributed by atoms with Crippen LogP contribution < -0.4 is 14.8 Å². The van der Waals surface area contributed by atoms with E-state index in [1.165, 1.54) is 23.4 Å². The molecule has 35 heavy (non-hydrogen) atoms. The van der Waals surface area contributed by atoms with Gasteiger partial charge in [-0.05, 0) is 51.1 Å². The van der Waals surface area contributed by atoms with E-state index in [0.29, 0.717) is 17.2 Å². The van der Waals surface area contributed by atoms with Crippen LogP contribution in [0.3, 0.4) is 0 Å². The van der Waals surface area contributed by atoms with Gasteiger partial charge in [0.05, 0.1) is 22.8 Å². The van der Waals surface area contributed by atoms with Crippen molar-refractivity contribution < 1.29 is 37.0 Å². The summed E-state index contributed by atoms with van der Waals surface area (Å²) < 4.78 is 49.1. The summed E-state index contributed by atoms with van der Waals surface area (Å²) in [4.78, 5) is 25.0. The zero-order valence-corrected chi connectivity index (χ0v) is 20.9. The number of morpholine rings is 1. The van der Waals surface area contributed by atoms with Crippen molar-refractivity contribution in [2.24, 2.45) is 0 Å². The molecule has 0 aliphatic carbocycles. The second kappa shape index (κ2) is 10.0. The van der Waals surface area contributed by atoms with Crippen molar-refractivity contribution in [3.63, 3.8) is 0 Å².